The molecule has 0 spiro atoms. The van der Waals surface area contributed by atoms with Gasteiger partial charge in [-0.1, -0.05) is 62.4 Å². The van der Waals surface area contributed by atoms with Crippen LogP contribution in [0.25, 0.3) is 16.9 Å². The van der Waals surface area contributed by atoms with E-state index in [1.54, 1.807) is 4.68 Å². The van der Waals surface area contributed by atoms with Crippen molar-refractivity contribution in [2.45, 2.75) is 32.7 Å². The third-order valence-corrected chi connectivity index (χ3v) is 5.44. The number of likely N-dealkylation sites (tertiary alicyclic amines) is 1. The van der Waals surface area contributed by atoms with Crippen LogP contribution in [0.4, 0.5) is 0 Å². The Bertz CT molecular complexity index is 1000. The molecule has 4 rings (SSSR count). The van der Waals surface area contributed by atoms with Gasteiger partial charge >= 0.3 is 29.6 Å². The van der Waals surface area contributed by atoms with Gasteiger partial charge in [0.25, 0.3) is 0 Å². The summed E-state index contributed by atoms with van der Waals surface area (Å²) in [7, 11) is 0. The molecule has 1 saturated heterocycles. The van der Waals surface area contributed by atoms with Crippen LogP contribution in [0, 0.1) is 5.92 Å². The van der Waals surface area contributed by atoms with E-state index in [4.69, 9.17) is 0 Å². The molecule has 3 aromatic rings. The summed E-state index contributed by atoms with van der Waals surface area (Å²) in [6, 6.07) is 16.6. The average Bonchev–Trinajstić information content (AvgIpc) is 3.14. The third-order valence-electron chi connectivity index (χ3n) is 5.44. The number of hydrogen-bond acceptors (Lipinski definition) is 5. The number of benzene rings is 2. The van der Waals surface area contributed by atoms with Gasteiger partial charge in [0.2, 0.25) is 0 Å². The van der Waals surface area contributed by atoms with Crippen LogP contribution in [-0.4, -0.2) is 39.0 Å². The monoisotopic (exact) mass is 412 g/mol. The first-order chi connectivity index (χ1) is 13.8. The summed E-state index contributed by atoms with van der Waals surface area (Å²) in [4.78, 5) is 12.9. The minimum Gasteiger partial charge on any atom is -0.550 e. The Balaban J connectivity index is 0.00000256. The Morgan fingerprint density at radius 1 is 1.07 bits per heavy atom. The minimum absolute atomic E-state index is 0. The number of aliphatic carboxylic acids is 1. The van der Waals surface area contributed by atoms with E-state index < -0.39 is 5.97 Å². The zero-order valence-corrected chi connectivity index (χ0v) is 20.0. The van der Waals surface area contributed by atoms with Crippen LogP contribution >= 0.6 is 0 Å². The maximum absolute atomic E-state index is 10.8. The van der Waals surface area contributed by atoms with E-state index >= 15 is 0 Å². The van der Waals surface area contributed by atoms with Gasteiger partial charge in [0.05, 0.1) is 11.9 Å². The first-order valence-electron chi connectivity index (χ1n) is 9.85. The van der Waals surface area contributed by atoms with Gasteiger partial charge in [-0.15, -0.1) is 5.10 Å². The van der Waals surface area contributed by atoms with E-state index in [1.165, 1.54) is 5.56 Å². The molecule has 0 atom stereocenters. The maximum atomic E-state index is 10.8. The van der Waals surface area contributed by atoms with Gasteiger partial charge in [-0.05, 0) is 28.7 Å². The Kier molecular flexibility index (Phi) is 6.82. The standard InChI is InChI=1S/C23H26N4O2.Na/c1-23(2,3)19-8-10-20(11-9-19)27-15-21(24-25-27)17-6-4-16(5-7-17)12-26-13-18(14-26)22(28)29;/h4-11,15,18H,12-14H2,1-3H3,(H,28,29);/q;+1/p-1. The van der Waals surface area contributed by atoms with Crippen molar-refractivity contribution in [3.63, 3.8) is 0 Å². The molecule has 2 heterocycles. The molecule has 30 heavy (non-hydrogen) atoms. The molecule has 2 aromatic carbocycles. The van der Waals surface area contributed by atoms with Gasteiger partial charge in [-0.25, -0.2) is 4.68 Å². The van der Waals surface area contributed by atoms with Gasteiger partial charge in [0, 0.05) is 37.1 Å². The van der Waals surface area contributed by atoms with E-state index in [-0.39, 0.29) is 40.9 Å². The van der Waals surface area contributed by atoms with Crippen molar-refractivity contribution in [3.8, 4) is 16.9 Å². The fourth-order valence-electron chi connectivity index (χ4n) is 3.52. The molecule has 6 nitrogen and oxygen atoms in total. The molecule has 0 unspecified atom stereocenters. The Hall–Kier alpha value is -1.99. The van der Waals surface area contributed by atoms with Crippen molar-refractivity contribution >= 4 is 5.97 Å². The van der Waals surface area contributed by atoms with E-state index in [0.29, 0.717) is 13.1 Å². The summed E-state index contributed by atoms with van der Waals surface area (Å²) in [6.45, 7) is 8.46. The second kappa shape index (κ2) is 9.02. The van der Waals surface area contributed by atoms with E-state index in [9.17, 15) is 9.90 Å². The number of carbonyl (C=O) groups is 1. The van der Waals surface area contributed by atoms with Crippen LogP contribution < -0.4 is 34.7 Å². The predicted molar refractivity (Wildman–Crippen MR) is 109 cm³/mol. The first kappa shape index (κ1) is 22.7. The minimum atomic E-state index is -0.951. The molecular formula is C23H25N4NaO2. The van der Waals surface area contributed by atoms with Gasteiger partial charge in [-0.2, -0.15) is 0 Å². The van der Waals surface area contributed by atoms with Gasteiger partial charge in [0.15, 0.2) is 0 Å². The molecule has 1 aliphatic rings. The molecule has 7 heteroatoms. The third kappa shape index (κ3) is 5.01. The van der Waals surface area contributed by atoms with Gasteiger partial charge in [0.1, 0.15) is 5.69 Å². The largest absolute Gasteiger partial charge is 1.00 e. The van der Waals surface area contributed by atoms with Crippen molar-refractivity contribution in [1.29, 1.82) is 0 Å². The zero-order valence-electron chi connectivity index (χ0n) is 18.0. The van der Waals surface area contributed by atoms with Crippen LogP contribution in [0.15, 0.2) is 54.7 Å². The maximum Gasteiger partial charge on any atom is 1.00 e. The number of aromatic nitrogens is 3. The normalized spacial score (nSPS) is 14.8. The van der Waals surface area contributed by atoms with Crippen molar-refractivity contribution in [2.24, 2.45) is 5.92 Å². The Morgan fingerprint density at radius 2 is 1.70 bits per heavy atom. The molecule has 0 saturated carbocycles. The van der Waals surface area contributed by atoms with Gasteiger partial charge in [-0.3, -0.25) is 4.90 Å². The summed E-state index contributed by atoms with van der Waals surface area (Å²) < 4.78 is 1.79. The number of nitrogens with zero attached hydrogens (tertiary/aromatic N) is 4. The van der Waals surface area contributed by atoms with Crippen LogP contribution in [-0.2, 0) is 16.8 Å². The van der Waals surface area contributed by atoms with Crippen molar-refractivity contribution in [3.05, 3.63) is 65.9 Å². The molecule has 150 valence electrons. The summed E-state index contributed by atoms with van der Waals surface area (Å²) in [5, 5.41) is 19.4. The topological polar surface area (TPSA) is 74.1 Å². The number of carboxylic acid groups (broad SMARTS) is 1. The SMILES string of the molecule is CC(C)(C)c1ccc(-n2cc(-c3ccc(CN4CC(C(=O)[O-])C4)cc3)nn2)cc1.[Na+]. The molecular weight excluding hydrogens is 387 g/mol. The molecule has 1 fully saturated rings. The number of carboxylic acids is 1. The van der Waals surface area contributed by atoms with Crippen LogP contribution in [0.2, 0.25) is 0 Å². The molecule has 0 aliphatic carbocycles. The number of rotatable bonds is 5. The summed E-state index contributed by atoms with van der Waals surface area (Å²) in [5.74, 6) is -1.28. The van der Waals surface area contributed by atoms with E-state index in [0.717, 1.165) is 29.1 Å². The Labute approximate surface area is 199 Å². The molecule has 0 amide bonds. The van der Waals surface area contributed by atoms with E-state index in [2.05, 4.69) is 72.4 Å². The zero-order chi connectivity index (χ0) is 20.6. The summed E-state index contributed by atoms with van der Waals surface area (Å²) in [5.41, 5.74) is 5.35. The Morgan fingerprint density at radius 3 is 2.27 bits per heavy atom. The van der Waals surface area contributed by atoms with Crippen LogP contribution in [0.3, 0.4) is 0 Å². The van der Waals surface area contributed by atoms with E-state index in [1.807, 2.05) is 18.3 Å². The first-order valence-corrected chi connectivity index (χ1v) is 9.85. The summed E-state index contributed by atoms with van der Waals surface area (Å²) in [6.07, 6.45) is 1.93. The van der Waals surface area contributed by atoms with Crippen molar-refractivity contribution in [2.75, 3.05) is 13.1 Å². The fourth-order valence-corrected chi connectivity index (χ4v) is 3.52. The molecule has 1 aromatic heterocycles. The van der Waals surface area contributed by atoms with Crippen molar-refractivity contribution < 1.29 is 39.5 Å². The second-order valence-electron chi connectivity index (χ2n) is 8.75. The quantitative estimate of drug-likeness (QED) is 0.524. The number of carbonyl (C=O) groups excluding carboxylic acids is 1. The molecule has 0 bridgehead atoms. The smallest absolute Gasteiger partial charge is 0.550 e. The molecule has 0 radical (unpaired) electrons. The van der Waals surface area contributed by atoms with Crippen molar-refractivity contribution in [1.82, 2.24) is 19.9 Å². The van der Waals surface area contributed by atoms with Gasteiger partial charge < -0.3 is 9.90 Å². The second-order valence-corrected chi connectivity index (χ2v) is 8.75. The average molecular weight is 412 g/mol. The molecule has 1 aliphatic heterocycles. The predicted octanol–water partition coefficient (Wildman–Crippen LogP) is -0.582. The van der Waals surface area contributed by atoms with Crippen LogP contribution in [0.5, 0.6) is 0 Å². The number of hydrogen-bond donors (Lipinski definition) is 0. The fraction of sp³-hybridized carbons (Fsp3) is 0.348. The van der Waals surface area contributed by atoms with Crippen LogP contribution in [0.1, 0.15) is 31.9 Å². The molecule has 0 N–H and O–H groups in total. The summed E-state index contributed by atoms with van der Waals surface area (Å²) >= 11 is 0.